The van der Waals surface area contributed by atoms with E-state index in [0.29, 0.717) is 16.9 Å². The van der Waals surface area contributed by atoms with E-state index in [0.717, 1.165) is 17.7 Å². The maximum atomic E-state index is 11.1. The molecule has 1 aliphatic heterocycles. The minimum absolute atomic E-state index is 0.0196. The third-order valence-electron chi connectivity index (χ3n) is 3.21. The van der Waals surface area contributed by atoms with Gasteiger partial charge in [0.1, 0.15) is 11.6 Å². The molecule has 0 amide bonds. The highest BCUT2D eigenvalue weighted by Crippen LogP contribution is 2.31. The van der Waals surface area contributed by atoms with Gasteiger partial charge >= 0.3 is 5.97 Å². The molecule has 2 aromatic rings. The van der Waals surface area contributed by atoms with E-state index in [1.165, 1.54) is 6.20 Å². The molecule has 0 radical (unpaired) electrons. The molecule has 20 heavy (non-hydrogen) atoms. The molecule has 1 N–H and O–H groups in total. The van der Waals surface area contributed by atoms with E-state index in [1.54, 1.807) is 0 Å². The summed E-state index contributed by atoms with van der Waals surface area (Å²) >= 11 is 3.14. The summed E-state index contributed by atoms with van der Waals surface area (Å²) in [6.07, 6.45) is 2.23. The Kier molecular flexibility index (Phi) is 3.40. The summed E-state index contributed by atoms with van der Waals surface area (Å²) in [6, 6.07) is 7.81. The second-order valence-electron chi connectivity index (χ2n) is 4.55. The van der Waals surface area contributed by atoms with E-state index in [1.807, 2.05) is 24.3 Å². The minimum Gasteiger partial charge on any atom is -0.493 e. The van der Waals surface area contributed by atoms with Crippen LogP contribution >= 0.6 is 15.9 Å². The van der Waals surface area contributed by atoms with Crippen LogP contribution in [-0.4, -0.2) is 27.7 Å². The Morgan fingerprint density at radius 1 is 1.40 bits per heavy atom. The van der Waals surface area contributed by atoms with Crippen molar-refractivity contribution in [1.29, 1.82) is 0 Å². The molecule has 0 spiro atoms. The summed E-state index contributed by atoms with van der Waals surface area (Å²) in [7, 11) is 0. The van der Waals surface area contributed by atoms with E-state index in [9.17, 15) is 4.79 Å². The molecular weight excluding hydrogens is 324 g/mol. The number of ether oxygens (including phenoxy) is 1. The zero-order valence-corrected chi connectivity index (χ0v) is 12.0. The zero-order chi connectivity index (χ0) is 14.1. The molecule has 1 atom stereocenters. The Morgan fingerprint density at radius 3 is 3.00 bits per heavy atom. The number of halogens is 1. The summed E-state index contributed by atoms with van der Waals surface area (Å²) in [5.41, 5.74) is 1.07. The van der Waals surface area contributed by atoms with Gasteiger partial charge < -0.3 is 9.84 Å². The van der Waals surface area contributed by atoms with Crippen LogP contribution in [0.15, 0.2) is 34.9 Å². The molecule has 6 heteroatoms. The Bertz CT molecular complexity index is 675. The molecule has 102 valence electrons. The van der Waals surface area contributed by atoms with Crippen molar-refractivity contribution in [3.8, 4) is 5.75 Å². The molecule has 1 aromatic heterocycles. The standard InChI is InChI=1S/C14H11BrN2O3/c15-10-6-16-13(17-12(10)14(18)19)9-5-8-3-1-2-4-11(8)20-7-9/h1-4,6,9H,5,7H2,(H,18,19). The first kappa shape index (κ1) is 13.1. The highest BCUT2D eigenvalue weighted by atomic mass is 79.9. The number of hydrogen-bond acceptors (Lipinski definition) is 4. The number of carboxylic acids is 1. The lowest BCUT2D eigenvalue weighted by Gasteiger charge is -2.24. The number of para-hydroxylation sites is 1. The average molecular weight is 335 g/mol. The minimum atomic E-state index is -1.07. The second kappa shape index (κ2) is 5.20. The number of carbonyl (C=O) groups is 1. The molecule has 3 rings (SSSR count). The average Bonchev–Trinajstić information content (AvgIpc) is 2.47. The molecular formula is C14H11BrN2O3. The van der Waals surface area contributed by atoms with Crippen molar-refractivity contribution >= 4 is 21.9 Å². The van der Waals surface area contributed by atoms with Gasteiger partial charge in [-0.25, -0.2) is 14.8 Å². The number of aromatic nitrogens is 2. The fourth-order valence-corrected chi connectivity index (χ4v) is 2.58. The SMILES string of the molecule is O=C(O)c1nc(C2COc3ccccc3C2)ncc1Br. The van der Waals surface area contributed by atoms with Crippen molar-refractivity contribution in [2.45, 2.75) is 12.3 Å². The fraction of sp³-hybridized carbons (Fsp3) is 0.214. The highest BCUT2D eigenvalue weighted by molar-refractivity contribution is 9.10. The van der Waals surface area contributed by atoms with Gasteiger partial charge in [0.05, 0.1) is 17.0 Å². The van der Waals surface area contributed by atoms with Crippen LogP contribution in [0.5, 0.6) is 5.75 Å². The smallest absolute Gasteiger partial charge is 0.355 e. The van der Waals surface area contributed by atoms with Gasteiger partial charge in [-0.1, -0.05) is 18.2 Å². The molecule has 0 fully saturated rings. The first-order chi connectivity index (χ1) is 9.65. The van der Waals surface area contributed by atoms with Crippen LogP contribution in [0, 0.1) is 0 Å². The van der Waals surface area contributed by atoms with E-state index in [2.05, 4.69) is 25.9 Å². The zero-order valence-electron chi connectivity index (χ0n) is 10.4. The third kappa shape index (κ3) is 2.38. The number of rotatable bonds is 2. The van der Waals surface area contributed by atoms with Gasteiger partial charge in [-0.2, -0.15) is 0 Å². The van der Waals surface area contributed by atoms with Crippen molar-refractivity contribution in [2.24, 2.45) is 0 Å². The third-order valence-corrected chi connectivity index (χ3v) is 3.79. The normalized spacial score (nSPS) is 17.1. The van der Waals surface area contributed by atoms with Crippen LogP contribution < -0.4 is 4.74 Å². The number of hydrogen-bond donors (Lipinski definition) is 1. The summed E-state index contributed by atoms with van der Waals surface area (Å²) in [5, 5.41) is 9.09. The predicted octanol–water partition coefficient (Wildman–Crippen LogP) is 2.66. The van der Waals surface area contributed by atoms with Crippen molar-refractivity contribution in [3.63, 3.8) is 0 Å². The largest absolute Gasteiger partial charge is 0.493 e. The molecule has 2 heterocycles. The molecule has 0 saturated carbocycles. The van der Waals surface area contributed by atoms with Crippen molar-refractivity contribution in [3.05, 3.63) is 52.0 Å². The molecule has 1 aliphatic rings. The van der Waals surface area contributed by atoms with Crippen molar-refractivity contribution in [2.75, 3.05) is 6.61 Å². The summed E-state index contributed by atoms with van der Waals surface area (Å²) in [4.78, 5) is 19.5. The van der Waals surface area contributed by atoms with Crippen LogP contribution in [0.1, 0.15) is 27.8 Å². The maximum absolute atomic E-state index is 11.1. The molecule has 0 bridgehead atoms. The van der Waals surface area contributed by atoms with Gasteiger partial charge in [-0.05, 0) is 34.0 Å². The van der Waals surface area contributed by atoms with Gasteiger partial charge in [0.15, 0.2) is 5.69 Å². The van der Waals surface area contributed by atoms with Crippen molar-refractivity contribution in [1.82, 2.24) is 9.97 Å². The van der Waals surface area contributed by atoms with E-state index >= 15 is 0 Å². The number of aromatic carboxylic acids is 1. The quantitative estimate of drug-likeness (QED) is 0.913. The molecule has 1 aromatic carbocycles. The highest BCUT2D eigenvalue weighted by Gasteiger charge is 2.24. The Labute approximate surface area is 123 Å². The van der Waals surface area contributed by atoms with Crippen LogP contribution in [0.25, 0.3) is 0 Å². The topological polar surface area (TPSA) is 72.3 Å². The monoisotopic (exact) mass is 334 g/mol. The van der Waals surface area contributed by atoms with Crippen LogP contribution in [0.3, 0.4) is 0 Å². The molecule has 5 nitrogen and oxygen atoms in total. The first-order valence-electron chi connectivity index (χ1n) is 6.11. The lowest BCUT2D eigenvalue weighted by molar-refractivity contribution is 0.0688. The number of fused-ring (bicyclic) bond motifs is 1. The lowest BCUT2D eigenvalue weighted by Crippen LogP contribution is -2.22. The fourth-order valence-electron chi connectivity index (χ4n) is 2.22. The first-order valence-corrected chi connectivity index (χ1v) is 6.91. The Hall–Kier alpha value is -1.95. The number of benzene rings is 1. The van der Waals surface area contributed by atoms with E-state index < -0.39 is 5.97 Å². The second-order valence-corrected chi connectivity index (χ2v) is 5.40. The maximum Gasteiger partial charge on any atom is 0.355 e. The van der Waals surface area contributed by atoms with Gasteiger partial charge in [0, 0.05) is 6.20 Å². The summed E-state index contributed by atoms with van der Waals surface area (Å²) in [5.74, 6) is 0.271. The Balaban J connectivity index is 1.92. The predicted molar refractivity (Wildman–Crippen MR) is 75.1 cm³/mol. The van der Waals surface area contributed by atoms with Crippen LogP contribution in [0.2, 0.25) is 0 Å². The van der Waals surface area contributed by atoms with E-state index in [-0.39, 0.29) is 11.6 Å². The summed E-state index contributed by atoms with van der Waals surface area (Å²) in [6.45, 7) is 0.456. The van der Waals surface area contributed by atoms with Crippen molar-refractivity contribution < 1.29 is 14.6 Å². The van der Waals surface area contributed by atoms with Gasteiger partial charge in [0.25, 0.3) is 0 Å². The van der Waals surface area contributed by atoms with Gasteiger partial charge in [-0.3, -0.25) is 0 Å². The van der Waals surface area contributed by atoms with Crippen LogP contribution in [0.4, 0.5) is 0 Å². The number of carboxylic acid groups (broad SMARTS) is 1. The molecule has 0 saturated heterocycles. The molecule has 1 unspecified atom stereocenters. The molecule has 0 aliphatic carbocycles. The lowest BCUT2D eigenvalue weighted by atomic mass is 9.96. The van der Waals surface area contributed by atoms with E-state index in [4.69, 9.17) is 9.84 Å². The van der Waals surface area contributed by atoms with Crippen LogP contribution in [-0.2, 0) is 6.42 Å². The van der Waals surface area contributed by atoms with Gasteiger partial charge in [0.2, 0.25) is 0 Å². The Morgan fingerprint density at radius 2 is 2.20 bits per heavy atom. The van der Waals surface area contributed by atoms with Gasteiger partial charge in [-0.15, -0.1) is 0 Å². The number of nitrogens with zero attached hydrogens (tertiary/aromatic N) is 2. The summed E-state index contributed by atoms with van der Waals surface area (Å²) < 4.78 is 6.06.